The van der Waals surface area contributed by atoms with Crippen molar-refractivity contribution in [1.82, 2.24) is 5.32 Å². The van der Waals surface area contributed by atoms with E-state index in [4.69, 9.17) is 16.3 Å². The minimum atomic E-state index is -4.51. The van der Waals surface area contributed by atoms with Crippen LogP contribution in [0.25, 0.3) is 0 Å². The third-order valence-electron chi connectivity index (χ3n) is 3.12. The van der Waals surface area contributed by atoms with E-state index in [1.165, 1.54) is 0 Å². The Labute approximate surface area is 119 Å². The molecular weight excluding hydrogens is 295 g/mol. The molecule has 1 fully saturated rings. The highest BCUT2D eigenvalue weighted by Gasteiger charge is 2.34. The molecule has 1 aliphatic heterocycles. The number of nitrogens with one attached hydrogen (secondary N) is 1. The first-order chi connectivity index (χ1) is 9.21. The van der Waals surface area contributed by atoms with Crippen molar-refractivity contribution >= 4 is 17.5 Å². The minimum absolute atomic E-state index is 0.00878. The predicted molar refractivity (Wildman–Crippen MR) is 67.7 cm³/mol. The molecule has 1 N–H and O–H groups in total. The summed E-state index contributed by atoms with van der Waals surface area (Å²) in [5, 5.41) is 2.58. The van der Waals surface area contributed by atoms with E-state index in [-0.39, 0.29) is 16.0 Å². The Balaban J connectivity index is 2.12. The van der Waals surface area contributed by atoms with Crippen LogP contribution >= 0.6 is 11.6 Å². The summed E-state index contributed by atoms with van der Waals surface area (Å²) in [6.45, 7) is 3.29. The van der Waals surface area contributed by atoms with Gasteiger partial charge >= 0.3 is 6.18 Å². The van der Waals surface area contributed by atoms with Gasteiger partial charge in [-0.2, -0.15) is 13.2 Å². The van der Waals surface area contributed by atoms with Crippen LogP contribution < -0.4 is 5.32 Å². The maximum Gasteiger partial charge on any atom is 0.416 e. The molecule has 0 aliphatic carbocycles. The molecule has 1 aromatic rings. The second kappa shape index (κ2) is 5.26. The normalized spacial score (nSPS) is 17.4. The molecule has 0 atom stereocenters. The van der Waals surface area contributed by atoms with E-state index < -0.39 is 17.6 Å². The molecule has 2 rings (SSSR count). The van der Waals surface area contributed by atoms with Gasteiger partial charge in [0, 0.05) is 12.0 Å². The lowest BCUT2D eigenvalue weighted by Crippen LogP contribution is -2.48. The minimum Gasteiger partial charge on any atom is -0.380 e. The Kier molecular flexibility index (Phi) is 3.97. The van der Waals surface area contributed by atoms with Crippen LogP contribution in [0.1, 0.15) is 22.8 Å². The lowest BCUT2D eigenvalue weighted by molar-refractivity contribution is -0.137. The summed E-state index contributed by atoms with van der Waals surface area (Å²) in [6, 6.07) is 2.69. The summed E-state index contributed by atoms with van der Waals surface area (Å²) < 4.78 is 42.9. The van der Waals surface area contributed by atoms with Gasteiger partial charge in [0.1, 0.15) is 0 Å². The third-order valence-corrected chi connectivity index (χ3v) is 3.44. The van der Waals surface area contributed by atoms with Gasteiger partial charge in [-0.15, -0.1) is 0 Å². The monoisotopic (exact) mass is 307 g/mol. The Bertz CT molecular complexity index is 527. The van der Waals surface area contributed by atoms with Crippen LogP contribution in [-0.2, 0) is 10.9 Å². The fraction of sp³-hybridized carbons (Fsp3) is 0.462. The van der Waals surface area contributed by atoms with Crippen molar-refractivity contribution in [2.24, 2.45) is 5.41 Å². The standard InChI is InChI=1S/C13H13ClF3NO2/c1-12(6-20-7-12)5-18-11(19)9-4-8(13(15,16)17)2-3-10(9)14/h2-4H,5-7H2,1H3,(H,18,19). The molecule has 7 heteroatoms. The third kappa shape index (κ3) is 3.24. The van der Waals surface area contributed by atoms with Crippen LogP contribution in [0.15, 0.2) is 18.2 Å². The molecule has 0 aromatic heterocycles. The molecule has 0 spiro atoms. The number of rotatable bonds is 3. The first kappa shape index (κ1) is 15.1. The highest BCUT2D eigenvalue weighted by Crippen LogP contribution is 2.32. The van der Waals surface area contributed by atoms with Gasteiger partial charge in [0.2, 0.25) is 0 Å². The summed E-state index contributed by atoms with van der Waals surface area (Å²) in [6.07, 6.45) is -4.51. The molecule has 3 nitrogen and oxygen atoms in total. The summed E-state index contributed by atoms with van der Waals surface area (Å²) >= 11 is 5.79. The van der Waals surface area contributed by atoms with Crippen molar-refractivity contribution in [2.45, 2.75) is 13.1 Å². The first-order valence-corrected chi connectivity index (χ1v) is 6.32. The van der Waals surface area contributed by atoms with Crippen molar-refractivity contribution in [3.63, 3.8) is 0 Å². The Hall–Kier alpha value is -1.27. The van der Waals surface area contributed by atoms with Crippen molar-refractivity contribution in [3.05, 3.63) is 34.3 Å². The second-order valence-electron chi connectivity index (χ2n) is 5.18. The SMILES string of the molecule is CC1(CNC(=O)c2cc(C(F)(F)F)ccc2Cl)COC1. The van der Waals surface area contributed by atoms with Crippen LogP contribution in [0.4, 0.5) is 13.2 Å². The summed E-state index contributed by atoms with van der Waals surface area (Å²) in [4.78, 5) is 11.9. The number of alkyl halides is 3. The van der Waals surface area contributed by atoms with Gasteiger partial charge in [0.05, 0.1) is 29.4 Å². The molecule has 0 unspecified atom stereocenters. The van der Waals surface area contributed by atoms with E-state index >= 15 is 0 Å². The number of amides is 1. The molecular formula is C13H13ClF3NO2. The van der Waals surface area contributed by atoms with E-state index in [0.717, 1.165) is 18.2 Å². The van der Waals surface area contributed by atoms with Crippen molar-refractivity contribution in [1.29, 1.82) is 0 Å². The lowest BCUT2D eigenvalue weighted by Gasteiger charge is -2.38. The van der Waals surface area contributed by atoms with Crippen LogP contribution in [0, 0.1) is 5.41 Å². The molecule has 1 amide bonds. The number of halogens is 4. The zero-order valence-electron chi connectivity index (χ0n) is 10.7. The molecule has 1 saturated heterocycles. The fourth-order valence-corrected chi connectivity index (χ4v) is 2.02. The van der Waals surface area contributed by atoms with E-state index in [0.29, 0.717) is 19.8 Å². The fourth-order valence-electron chi connectivity index (χ4n) is 1.82. The molecule has 1 aliphatic rings. The average Bonchev–Trinajstić information content (AvgIpc) is 2.32. The smallest absolute Gasteiger partial charge is 0.380 e. The Morgan fingerprint density at radius 3 is 2.60 bits per heavy atom. The van der Waals surface area contributed by atoms with E-state index in [2.05, 4.69) is 5.32 Å². The quantitative estimate of drug-likeness (QED) is 0.932. The van der Waals surface area contributed by atoms with Crippen molar-refractivity contribution in [3.8, 4) is 0 Å². The molecule has 110 valence electrons. The first-order valence-electron chi connectivity index (χ1n) is 5.94. The second-order valence-corrected chi connectivity index (χ2v) is 5.59. The number of hydrogen-bond acceptors (Lipinski definition) is 2. The molecule has 0 bridgehead atoms. The highest BCUT2D eigenvalue weighted by molar-refractivity contribution is 6.33. The van der Waals surface area contributed by atoms with Crippen LogP contribution in [0.5, 0.6) is 0 Å². The van der Waals surface area contributed by atoms with Gasteiger partial charge in [-0.25, -0.2) is 0 Å². The summed E-state index contributed by atoms with van der Waals surface area (Å²) in [7, 11) is 0. The van der Waals surface area contributed by atoms with Gasteiger partial charge in [-0.3, -0.25) is 4.79 Å². The molecule has 20 heavy (non-hydrogen) atoms. The van der Waals surface area contributed by atoms with E-state index in [1.807, 2.05) is 6.92 Å². The number of ether oxygens (including phenoxy) is 1. The number of carbonyl (C=O) groups excluding carboxylic acids is 1. The highest BCUT2D eigenvalue weighted by atomic mass is 35.5. The number of carbonyl (C=O) groups is 1. The predicted octanol–water partition coefficient (Wildman–Crippen LogP) is 3.13. The lowest BCUT2D eigenvalue weighted by atomic mass is 9.88. The van der Waals surface area contributed by atoms with Crippen LogP contribution in [-0.4, -0.2) is 25.7 Å². The maximum absolute atomic E-state index is 12.6. The topological polar surface area (TPSA) is 38.3 Å². The Morgan fingerprint density at radius 1 is 1.45 bits per heavy atom. The largest absolute Gasteiger partial charge is 0.416 e. The van der Waals surface area contributed by atoms with Gasteiger partial charge in [-0.1, -0.05) is 18.5 Å². The number of benzene rings is 1. The molecule has 0 saturated carbocycles. The van der Waals surface area contributed by atoms with Crippen molar-refractivity contribution < 1.29 is 22.7 Å². The summed E-state index contributed by atoms with van der Waals surface area (Å²) in [5.74, 6) is -0.616. The average molecular weight is 308 g/mol. The van der Waals surface area contributed by atoms with E-state index in [9.17, 15) is 18.0 Å². The zero-order chi connectivity index (χ0) is 15.0. The summed E-state index contributed by atoms with van der Waals surface area (Å²) in [5.41, 5.74) is -1.24. The van der Waals surface area contributed by atoms with Gasteiger partial charge in [-0.05, 0) is 18.2 Å². The van der Waals surface area contributed by atoms with Crippen LogP contribution in [0.3, 0.4) is 0 Å². The van der Waals surface area contributed by atoms with Crippen LogP contribution in [0.2, 0.25) is 5.02 Å². The zero-order valence-corrected chi connectivity index (χ0v) is 11.4. The molecule has 0 radical (unpaired) electrons. The Morgan fingerprint density at radius 2 is 2.10 bits per heavy atom. The molecule has 1 aromatic carbocycles. The van der Waals surface area contributed by atoms with Gasteiger partial charge in [0.15, 0.2) is 0 Å². The van der Waals surface area contributed by atoms with E-state index in [1.54, 1.807) is 0 Å². The van der Waals surface area contributed by atoms with Gasteiger partial charge < -0.3 is 10.1 Å². The van der Waals surface area contributed by atoms with Gasteiger partial charge in [0.25, 0.3) is 5.91 Å². The molecule has 1 heterocycles. The maximum atomic E-state index is 12.6. The van der Waals surface area contributed by atoms with Crippen molar-refractivity contribution in [2.75, 3.05) is 19.8 Å². The number of hydrogen-bond donors (Lipinski definition) is 1.